The Kier molecular flexibility index (Phi) is 5.22. The van der Waals surface area contributed by atoms with Gasteiger partial charge in [0.15, 0.2) is 0 Å². The van der Waals surface area contributed by atoms with Crippen LogP contribution in [0.5, 0.6) is 0 Å². The molecule has 2 heterocycles. The lowest BCUT2D eigenvalue weighted by atomic mass is 10.0. The van der Waals surface area contributed by atoms with Gasteiger partial charge in [0.05, 0.1) is 12.7 Å². The van der Waals surface area contributed by atoms with Crippen LogP contribution in [0.15, 0.2) is 0 Å². The number of ether oxygens (including phenoxy) is 2. The molecule has 0 saturated carbocycles. The van der Waals surface area contributed by atoms with Gasteiger partial charge >= 0.3 is 0 Å². The summed E-state index contributed by atoms with van der Waals surface area (Å²) in [6.07, 6.45) is 5.04. The highest BCUT2D eigenvalue weighted by molar-refractivity contribution is 4.86. The first-order chi connectivity index (χ1) is 8.29. The van der Waals surface area contributed by atoms with Gasteiger partial charge in [-0.25, -0.2) is 0 Å². The summed E-state index contributed by atoms with van der Waals surface area (Å²) in [5.41, 5.74) is 0.203. The van der Waals surface area contributed by atoms with Gasteiger partial charge in [0, 0.05) is 18.8 Å². The van der Waals surface area contributed by atoms with E-state index < -0.39 is 0 Å². The predicted molar refractivity (Wildman–Crippen MR) is 68.3 cm³/mol. The van der Waals surface area contributed by atoms with Gasteiger partial charge in [0.2, 0.25) is 0 Å². The second-order valence-corrected chi connectivity index (χ2v) is 5.46. The summed E-state index contributed by atoms with van der Waals surface area (Å²) in [6.45, 7) is 8.13. The van der Waals surface area contributed by atoms with Crippen LogP contribution in [-0.4, -0.2) is 51.1 Å². The summed E-state index contributed by atoms with van der Waals surface area (Å²) in [6, 6.07) is 0. The van der Waals surface area contributed by atoms with E-state index in [9.17, 15) is 0 Å². The standard InChI is InChI=1S/C13H26N2O2/c1-13(5-10-16-11-13)15-6-2-9-17-12-3-7-14-8-4-12/h12,14-15H,2-11H2,1H3. The van der Waals surface area contributed by atoms with Crippen molar-refractivity contribution in [2.75, 3.05) is 39.5 Å². The summed E-state index contributed by atoms with van der Waals surface area (Å²) < 4.78 is 11.3. The molecular weight excluding hydrogens is 216 g/mol. The number of piperidine rings is 1. The molecule has 1 unspecified atom stereocenters. The third-order valence-corrected chi connectivity index (χ3v) is 3.73. The Hall–Kier alpha value is -0.160. The molecule has 0 aromatic heterocycles. The van der Waals surface area contributed by atoms with Crippen LogP contribution in [0.25, 0.3) is 0 Å². The summed E-state index contributed by atoms with van der Waals surface area (Å²) in [7, 11) is 0. The van der Waals surface area contributed by atoms with Gasteiger partial charge in [-0.15, -0.1) is 0 Å². The molecular formula is C13H26N2O2. The fraction of sp³-hybridized carbons (Fsp3) is 1.00. The molecule has 1 atom stereocenters. The zero-order valence-corrected chi connectivity index (χ0v) is 11.0. The number of hydrogen-bond acceptors (Lipinski definition) is 4. The lowest BCUT2D eigenvalue weighted by molar-refractivity contribution is 0.0310. The number of hydrogen-bond donors (Lipinski definition) is 2. The SMILES string of the molecule is CC1(NCCCOC2CCNCC2)CCOC1. The van der Waals surface area contributed by atoms with Gasteiger partial charge in [-0.2, -0.15) is 0 Å². The minimum Gasteiger partial charge on any atom is -0.379 e. The summed E-state index contributed by atoms with van der Waals surface area (Å²) in [5, 5.41) is 6.93. The highest BCUT2D eigenvalue weighted by Gasteiger charge is 2.28. The van der Waals surface area contributed by atoms with E-state index in [2.05, 4.69) is 17.6 Å². The Labute approximate surface area is 104 Å². The maximum atomic E-state index is 5.87. The van der Waals surface area contributed by atoms with Crippen molar-refractivity contribution < 1.29 is 9.47 Å². The highest BCUT2D eigenvalue weighted by Crippen LogP contribution is 2.17. The molecule has 0 spiro atoms. The average Bonchev–Trinajstić information content (AvgIpc) is 2.77. The molecule has 2 N–H and O–H groups in total. The second-order valence-electron chi connectivity index (χ2n) is 5.46. The van der Waals surface area contributed by atoms with E-state index in [1.165, 1.54) is 12.8 Å². The normalized spacial score (nSPS) is 30.9. The summed E-state index contributed by atoms with van der Waals surface area (Å²) in [4.78, 5) is 0. The van der Waals surface area contributed by atoms with E-state index >= 15 is 0 Å². The Balaban J connectivity index is 1.48. The van der Waals surface area contributed by atoms with E-state index in [0.717, 1.165) is 52.3 Å². The molecule has 2 saturated heterocycles. The zero-order valence-electron chi connectivity index (χ0n) is 11.0. The monoisotopic (exact) mass is 242 g/mol. The van der Waals surface area contributed by atoms with E-state index in [1.807, 2.05) is 0 Å². The van der Waals surface area contributed by atoms with Gasteiger partial charge in [0.1, 0.15) is 0 Å². The van der Waals surface area contributed by atoms with Gasteiger partial charge in [-0.05, 0) is 52.2 Å². The second kappa shape index (κ2) is 6.69. The zero-order chi connectivity index (χ0) is 12.0. The van der Waals surface area contributed by atoms with Gasteiger partial charge in [0.25, 0.3) is 0 Å². The van der Waals surface area contributed by atoms with Crippen molar-refractivity contribution in [2.24, 2.45) is 0 Å². The van der Waals surface area contributed by atoms with Crippen LogP contribution in [0.1, 0.15) is 32.6 Å². The molecule has 17 heavy (non-hydrogen) atoms. The maximum Gasteiger partial charge on any atom is 0.0646 e. The lowest BCUT2D eigenvalue weighted by Gasteiger charge is -2.25. The molecule has 2 aliphatic rings. The molecule has 0 aromatic carbocycles. The Morgan fingerprint density at radius 1 is 1.41 bits per heavy atom. The van der Waals surface area contributed by atoms with Crippen LogP contribution in [0.4, 0.5) is 0 Å². The molecule has 0 amide bonds. The average molecular weight is 242 g/mol. The molecule has 0 aliphatic carbocycles. The lowest BCUT2D eigenvalue weighted by Crippen LogP contribution is -2.43. The fourth-order valence-corrected chi connectivity index (χ4v) is 2.48. The fourth-order valence-electron chi connectivity index (χ4n) is 2.48. The van der Waals surface area contributed by atoms with E-state index in [0.29, 0.717) is 6.10 Å². The maximum absolute atomic E-state index is 5.87. The molecule has 100 valence electrons. The van der Waals surface area contributed by atoms with Crippen molar-refractivity contribution in [3.8, 4) is 0 Å². The quantitative estimate of drug-likeness (QED) is 0.680. The number of nitrogens with one attached hydrogen (secondary N) is 2. The van der Waals surface area contributed by atoms with Crippen molar-refractivity contribution in [1.82, 2.24) is 10.6 Å². The van der Waals surface area contributed by atoms with Crippen molar-refractivity contribution >= 4 is 0 Å². The third-order valence-electron chi connectivity index (χ3n) is 3.73. The van der Waals surface area contributed by atoms with Crippen molar-refractivity contribution in [3.63, 3.8) is 0 Å². The number of rotatable bonds is 6. The molecule has 2 aliphatic heterocycles. The van der Waals surface area contributed by atoms with Crippen molar-refractivity contribution in [3.05, 3.63) is 0 Å². The molecule has 0 radical (unpaired) electrons. The third kappa shape index (κ3) is 4.54. The topological polar surface area (TPSA) is 42.5 Å². The van der Waals surface area contributed by atoms with Gasteiger partial charge in [-0.3, -0.25) is 0 Å². The van der Waals surface area contributed by atoms with Crippen LogP contribution < -0.4 is 10.6 Å². The first-order valence-electron chi connectivity index (χ1n) is 6.94. The minimum absolute atomic E-state index is 0.203. The Morgan fingerprint density at radius 3 is 2.94 bits per heavy atom. The summed E-state index contributed by atoms with van der Waals surface area (Å²) >= 11 is 0. The molecule has 0 aromatic rings. The van der Waals surface area contributed by atoms with Crippen LogP contribution >= 0.6 is 0 Å². The Bertz CT molecular complexity index is 211. The smallest absolute Gasteiger partial charge is 0.0646 e. The molecule has 0 bridgehead atoms. The summed E-state index contributed by atoms with van der Waals surface area (Å²) in [5.74, 6) is 0. The minimum atomic E-state index is 0.203. The van der Waals surface area contributed by atoms with Crippen LogP contribution in [-0.2, 0) is 9.47 Å². The first-order valence-corrected chi connectivity index (χ1v) is 6.94. The van der Waals surface area contributed by atoms with Crippen LogP contribution in [0.2, 0.25) is 0 Å². The molecule has 2 fully saturated rings. The molecule has 4 heteroatoms. The van der Waals surface area contributed by atoms with Gasteiger partial charge < -0.3 is 20.1 Å². The van der Waals surface area contributed by atoms with E-state index in [4.69, 9.17) is 9.47 Å². The van der Waals surface area contributed by atoms with Crippen LogP contribution in [0.3, 0.4) is 0 Å². The van der Waals surface area contributed by atoms with E-state index in [1.54, 1.807) is 0 Å². The Morgan fingerprint density at radius 2 is 2.24 bits per heavy atom. The van der Waals surface area contributed by atoms with Crippen molar-refractivity contribution in [2.45, 2.75) is 44.2 Å². The molecule has 4 nitrogen and oxygen atoms in total. The highest BCUT2D eigenvalue weighted by atomic mass is 16.5. The molecule has 2 rings (SSSR count). The predicted octanol–water partition coefficient (Wildman–Crippen LogP) is 0.914. The first kappa shape index (κ1) is 13.3. The largest absolute Gasteiger partial charge is 0.379 e. The van der Waals surface area contributed by atoms with E-state index in [-0.39, 0.29) is 5.54 Å². The van der Waals surface area contributed by atoms with Gasteiger partial charge in [-0.1, -0.05) is 0 Å². The van der Waals surface area contributed by atoms with Crippen molar-refractivity contribution in [1.29, 1.82) is 0 Å². The van der Waals surface area contributed by atoms with Crippen LogP contribution in [0, 0.1) is 0 Å².